The van der Waals surface area contributed by atoms with Gasteiger partial charge in [0.1, 0.15) is 35.7 Å². The summed E-state index contributed by atoms with van der Waals surface area (Å²) in [5, 5.41) is 10.3. The van der Waals surface area contributed by atoms with Crippen LogP contribution in [0, 0.1) is 0 Å². The molecule has 0 bridgehead atoms. The first-order valence-electron chi connectivity index (χ1n) is 16.2. The predicted octanol–water partition coefficient (Wildman–Crippen LogP) is 8.71. The molecule has 1 atom stereocenters. The lowest BCUT2D eigenvalue weighted by Gasteiger charge is -2.36. The Bertz CT molecular complexity index is 1470. The van der Waals surface area contributed by atoms with E-state index in [0.717, 1.165) is 42.3 Å². The summed E-state index contributed by atoms with van der Waals surface area (Å²) in [4.78, 5) is 2.44. The molecule has 3 aromatic carbocycles. The highest BCUT2D eigenvalue weighted by Crippen LogP contribution is 2.48. The summed E-state index contributed by atoms with van der Waals surface area (Å²) < 4.78 is 44.8. The molecule has 5 nitrogen and oxygen atoms in total. The Morgan fingerprint density at radius 3 is 2.29 bits per heavy atom. The highest BCUT2D eigenvalue weighted by atomic mass is 28.4. The maximum absolute atomic E-state index is 10.2. The zero-order valence-electron chi connectivity index (χ0n) is 28.0. The molecule has 2 aliphatic rings. The zero-order valence-corrected chi connectivity index (χ0v) is 26.0. The van der Waals surface area contributed by atoms with Crippen molar-refractivity contribution in [2.45, 2.75) is 71.1 Å². The fourth-order valence-corrected chi connectivity index (χ4v) is 6.20. The number of phenolic OH excluding ortho intramolecular Hbond substituents is 1. The third-order valence-corrected chi connectivity index (χ3v) is 13.0. The second-order valence-electron chi connectivity index (χ2n) is 12.7. The molecule has 1 fully saturated rings. The second-order valence-corrected chi connectivity index (χ2v) is 17.4. The van der Waals surface area contributed by atoms with Gasteiger partial charge < -0.3 is 19.0 Å². The third kappa shape index (κ3) is 6.65. The molecule has 218 valence electrons. The van der Waals surface area contributed by atoms with Crippen LogP contribution in [0.5, 0.6) is 23.0 Å². The standard InChI is InChI=1S/C35H45NO4Si/c1-25-31-19-14-28(37)24-32(31)39-34(27-12-15-29(16-13-27)38-23-22-36-20-8-7-9-21-36)33(25)26-10-17-30(18-11-26)40-41(5,6)35(2,3)4/h10-19,24,34,37H,7-9,20-23H2,1-6H3/t34-/m0/s1/i1D3. The predicted molar refractivity (Wildman–Crippen MR) is 170 cm³/mol. The number of benzene rings is 3. The van der Waals surface area contributed by atoms with Gasteiger partial charge in [0, 0.05) is 27.9 Å². The maximum Gasteiger partial charge on any atom is 0.250 e. The van der Waals surface area contributed by atoms with E-state index in [2.05, 4.69) is 38.8 Å². The van der Waals surface area contributed by atoms with Crippen LogP contribution in [0.2, 0.25) is 18.1 Å². The van der Waals surface area contributed by atoms with Gasteiger partial charge in [0.05, 0.1) is 0 Å². The van der Waals surface area contributed by atoms with Gasteiger partial charge in [-0.1, -0.05) is 51.5 Å². The average molecular weight is 575 g/mol. The van der Waals surface area contributed by atoms with Crippen molar-refractivity contribution >= 4 is 19.5 Å². The second kappa shape index (κ2) is 11.9. The van der Waals surface area contributed by atoms with Gasteiger partial charge in [0.25, 0.3) is 0 Å². The minimum Gasteiger partial charge on any atom is -0.544 e. The van der Waals surface area contributed by atoms with Crippen LogP contribution in [0.25, 0.3) is 11.1 Å². The molecule has 2 aliphatic heterocycles. The first kappa shape index (κ1) is 25.5. The molecule has 0 amide bonds. The molecule has 1 saturated heterocycles. The van der Waals surface area contributed by atoms with Gasteiger partial charge >= 0.3 is 0 Å². The quantitative estimate of drug-likeness (QED) is 0.273. The number of fused-ring (bicyclic) bond motifs is 1. The molecule has 3 aromatic rings. The van der Waals surface area contributed by atoms with Crippen molar-refractivity contribution in [3.63, 3.8) is 0 Å². The van der Waals surface area contributed by atoms with Crippen LogP contribution in [0.1, 0.15) is 73.8 Å². The molecular formula is C35H45NO4Si. The largest absolute Gasteiger partial charge is 0.544 e. The number of aromatic hydroxyl groups is 1. The van der Waals surface area contributed by atoms with E-state index in [1.165, 1.54) is 31.4 Å². The van der Waals surface area contributed by atoms with Crippen LogP contribution < -0.4 is 13.9 Å². The average Bonchev–Trinajstić information content (AvgIpc) is 2.96. The fraction of sp³-hybridized carbons (Fsp3) is 0.429. The Morgan fingerprint density at radius 1 is 0.951 bits per heavy atom. The lowest BCUT2D eigenvalue weighted by Crippen LogP contribution is -2.43. The monoisotopic (exact) mass is 574 g/mol. The van der Waals surface area contributed by atoms with Crippen molar-refractivity contribution in [1.82, 2.24) is 4.90 Å². The van der Waals surface area contributed by atoms with Crippen molar-refractivity contribution < 1.29 is 23.1 Å². The molecule has 0 radical (unpaired) electrons. The van der Waals surface area contributed by atoms with Crippen LogP contribution in [-0.2, 0) is 0 Å². The molecular weight excluding hydrogens is 526 g/mol. The van der Waals surface area contributed by atoms with Crippen molar-refractivity contribution in [3.8, 4) is 23.0 Å². The van der Waals surface area contributed by atoms with Gasteiger partial charge in [0.2, 0.25) is 8.32 Å². The first-order chi connectivity index (χ1) is 20.7. The van der Waals surface area contributed by atoms with Gasteiger partial charge in [0.15, 0.2) is 0 Å². The van der Waals surface area contributed by atoms with Crippen molar-refractivity contribution in [3.05, 3.63) is 83.4 Å². The van der Waals surface area contributed by atoms with Crippen LogP contribution in [0.3, 0.4) is 0 Å². The molecule has 2 heterocycles. The molecule has 0 spiro atoms. The minimum atomic E-state index is -2.43. The van der Waals surface area contributed by atoms with Crippen LogP contribution in [0.4, 0.5) is 0 Å². The number of hydrogen-bond acceptors (Lipinski definition) is 5. The minimum absolute atomic E-state index is 0.0143. The summed E-state index contributed by atoms with van der Waals surface area (Å²) in [6.45, 7) is 12.3. The van der Waals surface area contributed by atoms with Crippen molar-refractivity contribution in [1.29, 1.82) is 0 Å². The van der Waals surface area contributed by atoms with Crippen molar-refractivity contribution in [2.75, 3.05) is 26.2 Å². The number of nitrogens with zero attached hydrogens (tertiary/aromatic N) is 1. The number of rotatable bonds is 8. The topological polar surface area (TPSA) is 51.2 Å². The number of hydrogen-bond donors (Lipinski definition) is 1. The third-order valence-electron chi connectivity index (χ3n) is 8.66. The number of piperidine rings is 1. The van der Waals surface area contributed by atoms with E-state index >= 15 is 0 Å². The molecule has 6 heteroatoms. The van der Waals surface area contributed by atoms with Crippen LogP contribution >= 0.6 is 0 Å². The van der Waals surface area contributed by atoms with Crippen LogP contribution in [-0.4, -0.2) is 44.6 Å². The molecule has 5 rings (SSSR count). The zero-order chi connectivity index (χ0) is 31.7. The Balaban J connectivity index is 1.49. The van der Waals surface area contributed by atoms with E-state index in [0.29, 0.717) is 23.5 Å². The van der Waals surface area contributed by atoms with Crippen molar-refractivity contribution in [2.24, 2.45) is 0 Å². The molecule has 41 heavy (non-hydrogen) atoms. The van der Waals surface area contributed by atoms with E-state index in [-0.39, 0.29) is 16.4 Å². The molecule has 1 N–H and O–H groups in total. The van der Waals surface area contributed by atoms with E-state index in [9.17, 15) is 5.11 Å². The van der Waals surface area contributed by atoms with E-state index < -0.39 is 21.3 Å². The normalized spacial score (nSPS) is 19.4. The van der Waals surface area contributed by atoms with E-state index in [1.807, 2.05) is 48.5 Å². The highest BCUT2D eigenvalue weighted by Gasteiger charge is 2.39. The Morgan fingerprint density at radius 2 is 1.63 bits per heavy atom. The lowest BCUT2D eigenvalue weighted by molar-refractivity contribution is 0.183. The number of allylic oxidation sites excluding steroid dienone is 1. The Kier molecular flexibility index (Phi) is 7.42. The molecule has 0 aromatic heterocycles. The van der Waals surface area contributed by atoms with Gasteiger partial charge in [-0.2, -0.15) is 0 Å². The SMILES string of the molecule is [2H]C([2H])([2H])C1=C(c2ccc(O[Si](C)(C)C(C)(C)C)cc2)[C@H](c2ccc(OCCN3CCCCC3)cc2)Oc2cc(O)ccc21. The smallest absolute Gasteiger partial charge is 0.250 e. The number of ether oxygens (including phenoxy) is 2. The van der Waals surface area contributed by atoms with E-state index in [4.69, 9.17) is 18.0 Å². The summed E-state index contributed by atoms with van der Waals surface area (Å²) in [6, 6.07) is 20.0. The van der Waals surface area contributed by atoms with Gasteiger partial charge in [-0.05, 0) is 104 Å². The van der Waals surface area contributed by atoms with Gasteiger partial charge in [-0.3, -0.25) is 4.90 Å². The van der Waals surface area contributed by atoms with Gasteiger partial charge in [-0.25, -0.2) is 0 Å². The number of phenols is 1. The van der Waals surface area contributed by atoms with E-state index in [1.54, 1.807) is 6.07 Å². The Hall–Kier alpha value is -3.22. The highest BCUT2D eigenvalue weighted by molar-refractivity contribution is 6.74. The molecule has 0 unspecified atom stereocenters. The fourth-order valence-electron chi connectivity index (χ4n) is 5.17. The summed E-state index contributed by atoms with van der Waals surface area (Å²) in [5.74, 6) is 1.87. The summed E-state index contributed by atoms with van der Waals surface area (Å²) in [7, 11) is -2.06. The summed E-state index contributed by atoms with van der Waals surface area (Å²) >= 11 is 0. The maximum atomic E-state index is 10.2. The summed E-state index contributed by atoms with van der Waals surface area (Å²) in [6.07, 6.45) is 3.09. The number of likely N-dealkylation sites (tertiary alicyclic amines) is 1. The first-order valence-corrected chi connectivity index (χ1v) is 17.6. The lowest BCUT2D eigenvalue weighted by atomic mass is 9.86. The Labute approximate surface area is 251 Å². The van der Waals surface area contributed by atoms with Gasteiger partial charge in [-0.15, -0.1) is 0 Å². The molecule has 0 aliphatic carbocycles. The summed E-state index contributed by atoms with van der Waals surface area (Å²) in [5.41, 5.74) is 2.77. The molecule has 0 saturated carbocycles. The van der Waals surface area contributed by atoms with Crippen LogP contribution in [0.15, 0.2) is 66.7 Å².